The van der Waals surface area contributed by atoms with Crippen LogP contribution in [0, 0.1) is 12.8 Å². The number of hydrogen-bond acceptors (Lipinski definition) is 0. The SMILES string of the molecule is Cc1ccc(C2CC2CCl)cc1Cl. The predicted octanol–water partition coefficient (Wildman–Crippen LogP) is 3.99. The van der Waals surface area contributed by atoms with Crippen molar-refractivity contribution in [2.75, 3.05) is 5.88 Å². The van der Waals surface area contributed by atoms with E-state index in [1.165, 1.54) is 12.0 Å². The third-order valence-corrected chi connectivity index (χ3v) is 3.55. The number of halogens is 2. The quantitative estimate of drug-likeness (QED) is 0.654. The Morgan fingerprint density at radius 3 is 2.77 bits per heavy atom. The number of aryl methyl sites for hydroxylation is 1. The fraction of sp³-hybridized carbons (Fsp3) is 0.455. The highest BCUT2D eigenvalue weighted by atomic mass is 35.5. The Hall–Kier alpha value is -0.200. The summed E-state index contributed by atoms with van der Waals surface area (Å²) in [7, 11) is 0. The summed E-state index contributed by atoms with van der Waals surface area (Å²) < 4.78 is 0. The maximum absolute atomic E-state index is 6.04. The molecular weight excluding hydrogens is 203 g/mol. The van der Waals surface area contributed by atoms with Gasteiger partial charge in [0, 0.05) is 10.9 Å². The van der Waals surface area contributed by atoms with Crippen molar-refractivity contribution >= 4 is 23.2 Å². The van der Waals surface area contributed by atoms with Crippen molar-refractivity contribution < 1.29 is 0 Å². The van der Waals surface area contributed by atoms with Gasteiger partial charge in [0.1, 0.15) is 0 Å². The van der Waals surface area contributed by atoms with Crippen LogP contribution < -0.4 is 0 Å². The third-order valence-electron chi connectivity index (χ3n) is 2.74. The van der Waals surface area contributed by atoms with E-state index in [0.717, 1.165) is 16.5 Å². The maximum Gasteiger partial charge on any atom is 0.0438 e. The molecule has 13 heavy (non-hydrogen) atoms. The fourth-order valence-corrected chi connectivity index (χ4v) is 2.20. The number of benzene rings is 1. The summed E-state index contributed by atoms with van der Waals surface area (Å²) in [6.07, 6.45) is 1.23. The molecule has 0 N–H and O–H groups in total. The van der Waals surface area contributed by atoms with Gasteiger partial charge in [-0.2, -0.15) is 0 Å². The molecule has 1 fully saturated rings. The summed E-state index contributed by atoms with van der Waals surface area (Å²) in [5.41, 5.74) is 2.50. The van der Waals surface area contributed by atoms with E-state index in [4.69, 9.17) is 23.2 Å². The first kappa shape index (κ1) is 9.36. The highest BCUT2D eigenvalue weighted by Gasteiger charge is 2.37. The van der Waals surface area contributed by atoms with E-state index in [1.807, 2.05) is 6.92 Å². The summed E-state index contributed by atoms with van der Waals surface area (Å²) in [4.78, 5) is 0. The Morgan fingerprint density at radius 1 is 1.46 bits per heavy atom. The van der Waals surface area contributed by atoms with Crippen LogP contribution in [-0.4, -0.2) is 5.88 Å². The highest BCUT2D eigenvalue weighted by molar-refractivity contribution is 6.31. The van der Waals surface area contributed by atoms with E-state index in [9.17, 15) is 0 Å². The molecule has 0 radical (unpaired) electrons. The first-order valence-electron chi connectivity index (χ1n) is 4.54. The molecular formula is C11H12Cl2. The van der Waals surface area contributed by atoms with Gasteiger partial charge in [-0.25, -0.2) is 0 Å². The second-order valence-electron chi connectivity index (χ2n) is 3.77. The summed E-state index contributed by atoms with van der Waals surface area (Å²) in [6.45, 7) is 2.03. The van der Waals surface area contributed by atoms with Crippen molar-refractivity contribution in [2.45, 2.75) is 19.3 Å². The van der Waals surface area contributed by atoms with Crippen LogP contribution in [0.15, 0.2) is 18.2 Å². The molecule has 0 spiro atoms. The molecule has 1 aromatic rings. The van der Waals surface area contributed by atoms with Crippen molar-refractivity contribution in [2.24, 2.45) is 5.92 Å². The summed E-state index contributed by atoms with van der Waals surface area (Å²) >= 11 is 11.8. The smallest absolute Gasteiger partial charge is 0.0438 e. The minimum absolute atomic E-state index is 0.663. The molecule has 1 aliphatic rings. The lowest BCUT2D eigenvalue weighted by molar-refractivity contribution is 0.923. The van der Waals surface area contributed by atoms with Gasteiger partial charge < -0.3 is 0 Å². The lowest BCUT2D eigenvalue weighted by atomic mass is 10.1. The first-order valence-corrected chi connectivity index (χ1v) is 5.45. The van der Waals surface area contributed by atoms with E-state index >= 15 is 0 Å². The van der Waals surface area contributed by atoms with Gasteiger partial charge in [-0.05, 0) is 42.4 Å². The number of hydrogen-bond donors (Lipinski definition) is 0. The van der Waals surface area contributed by atoms with Crippen LogP contribution in [0.25, 0.3) is 0 Å². The van der Waals surface area contributed by atoms with E-state index < -0.39 is 0 Å². The topological polar surface area (TPSA) is 0 Å². The van der Waals surface area contributed by atoms with Crippen molar-refractivity contribution in [1.29, 1.82) is 0 Å². The molecule has 0 saturated heterocycles. The normalized spacial score (nSPS) is 26.1. The van der Waals surface area contributed by atoms with E-state index in [0.29, 0.717) is 11.8 Å². The molecule has 2 unspecified atom stereocenters. The van der Waals surface area contributed by atoms with Crippen molar-refractivity contribution in [1.82, 2.24) is 0 Å². The van der Waals surface area contributed by atoms with Gasteiger partial charge in [0.15, 0.2) is 0 Å². The summed E-state index contributed by atoms with van der Waals surface area (Å²) in [5, 5.41) is 0.873. The van der Waals surface area contributed by atoms with Crippen molar-refractivity contribution in [3.63, 3.8) is 0 Å². The Kier molecular flexibility index (Phi) is 2.53. The average molecular weight is 215 g/mol. The molecule has 1 aromatic carbocycles. The highest BCUT2D eigenvalue weighted by Crippen LogP contribution is 2.48. The van der Waals surface area contributed by atoms with Crippen LogP contribution >= 0.6 is 23.2 Å². The van der Waals surface area contributed by atoms with Gasteiger partial charge in [-0.1, -0.05) is 23.7 Å². The molecule has 0 bridgehead atoms. The zero-order chi connectivity index (χ0) is 9.42. The Labute approximate surface area is 88.9 Å². The second kappa shape index (κ2) is 3.51. The molecule has 70 valence electrons. The minimum Gasteiger partial charge on any atom is -0.126 e. The average Bonchev–Trinajstić information content (AvgIpc) is 2.88. The Balaban J connectivity index is 2.19. The van der Waals surface area contributed by atoms with E-state index in [2.05, 4.69) is 18.2 Å². The van der Waals surface area contributed by atoms with Crippen LogP contribution in [0.2, 0.25) is 5.02 Å². The first-order chi connectivity index (χ1) is 6.22. The largest absolute Gasteiger partial charge is 0.126 e. The Bertz CT molecular complexity index is 320. The summed E-state index contributed by atoms with van der Waals surface area (Å²) in [5.74, 6) is 2.12. The molecule has 0 amide bonds. The third kappa shape index (κ3) is 1.84. The van der Waals surface area contributed by atoms with Crippen LogP contribution in [0.1, 0.15) is 23.5 Å². The Morgan fingerprint density at radius 2 is 2.23 bits per heavy atom. The lowest BCUT2D eigenvalue weighted by Crippen LogP contribution is -1.85. The van der Waals surface area contributed by atoms with Gasteiger partial charge in [-0.15, -0.1) is 11.6 Å². The molecule has 2 atom stereocenters. The van der Waals surface area contributed by atoms with E-state index in [1.54, 1.807) is 0 Å². The standard InChI is InChI=1S/C11H12Cl2/c1-7-2-3-8(5-11(7)13)10-4-9(10)6-12/h2-3,5,9-10H,4,6H2,1H3. The van der Waals surface area contributed by atoms with Crippen LogP contribution in [0.3, 0.4) is 0 Å². The van der Waals surface area contributed by atoms with Gasteiger partial charge >= 0.3 is 0 Å². The molecule has 0 aromatic heterocycles. The number of rotatable bonds is 2. The van der Waals surface area contributed by atoms with Crippen molar-refractivity contribution in [3.05, 3.63) is 34.3 Å². The van der Waals surface area contributed by atoms with Crippen LogP contribution in [0.4, 0.5) is 0 Å². The van der Waals surface area contributed by atoms with Gasteiger partial charge in [0.2, 0.25) is 0 Å². The van der Waals surface area contributed by atoms with Gasteiger partial charge in [-0.3, -0.25) is 0 Å². The molecule has 0 aliphatic heterocycles. The van der Waals surface area contributed by atoms with Gasteiger partial charge in [0.25, 0.3) is 0 Å². The molecule has 2 rings (SSSR count). The molecule has 1 aliphatic carbocycles. The lowest BCUT2D eigenvalue weighted by Gasteiger charge is -2.02. The zero-order valence-corrected chi connectivity index (χ0v) is 9.07. The molecule has 0 nitrogen and oxygen atoms in total. The minimum atomic E-state index is 0.663. The maximum atomic E-state index is 6.04. The van der Waals surface area contributed by atoms with Crippen LogP contribution in [0.5, 0.6) is 0 Å². The van der Waals surface area contributed by atoms with E-state index in [-0.39, 0.29) is 0 Å². The fourth-order valence-electron chi connectivity index (χ4n) is 1.67. The molecule has 1 saturated carbocycles. The van der Waals surface area contributed by atoms with Crippen LogP contribution in [-0.2, 0) is 0 Å². The summed E-state index contributed by atoms with van der Waals surface area (Å²) in [6, 6.07) is 6.33. The second-order valence-corrected chi connectivity index (χ2v) is 4.48. The molecule has 2 heteroatoms. The predicted molar refractivity (Wildman–Crippen MR) is 57.8 cm³/mol. The monoisotopic (exact) mass is 214 g/mol. The zero-order valence-electron chi connectivity index (χ0n) is 7.56. The number of alkyl halides is 1. The van der Waals surface area contributed by atoms with Crippen molar-refractivity contribution in [3.8, 4) is 0 Å². The molecule has 0 heterocycles. The van der Waals surface area contributed by atoms with Gasteiger partial charge in [0.05, 0.1) is 0 Å².